The van der Waals surface area contributed by atoms with Crippen LogP contribution in [0.25, 0.3) is 0 Å². The van der Waals surface area contributed by atoms with Crippen molar-refractivity contribution in [1.29, 1.82) is 0 Å². The lowest BCUT2D eigenvalue weighted by atomic mass is 10.1. The lowest BCUT2D eigenvalue weighted by molar-refractivity contribution is -0.115. The highest BCUT2D eigenvalue weighted by Crippen LogP contribution is 2.27. The van der Waals surface area contributed by atoms with E-state index in [1.54, 1.807) is 12.1 Å². The van der Waals surface area contributed by atoms with Crippen LogP contribution in [0.4, 0.5) is 5.69 Å². The molecule has 0 atom stereocenters. The zero-order valence-electron chi connectivity index (χ0n) is 12.2. The van der Waals surface area contributed by atoms with Crippen molar-refractivity contribution in [1.82, 2.24) is 0 Å². The van der Waals surface area contributed by atoms with Gasteiger partial charge in [-0.2, -0.15) is 0 Å². The molecule has 0 aliphatic rings. The number of carbonyl (C=O) groups excluding carboxylic acids is 1. The Kier molecular flexibility index (Phi) is 5.41. The minimum Gasteiger partial charge on any atom is -0.326 e. The van der Waals surface area contributed by atoms with Gasteiger partial charge in [-0.25, -0.2) is 8.42 Å². The summed E-state index contributed by atoms with van der Waals surface area (Å²) in [5, 5.41) is 2.80. The summed E-state index contributed by atoms with van der Waals surface area (Å²) in [5.41, 5.74) is 2.67. The van der Waals surface area contributed by atoms with E-state index in [0.717, 1.165) is 31.9 Å². The first-order chi connectivity index (χ1) is 10.3. The van der Waals surface area contributed by atoms with Gasteiger partial charge in [0.05, 0.1) is 9.54 Å². The summed E-state index contributed by atoms with van der Waals surface area (Å²) >= 11 is 4.39. The molecule has 0 bridgehead atoms. The number of halogens is 1. The monoisotopic (exact) mass is 401 g/mol. The normalized spacial score (nSPS) is 11.4. The largest absolute Gasteiger partial charge is 0.326 e. The average molecular weight is 402 g/mol. The highest BCUT2D eigenvalue weighted by atomic mass is 79.9. The number of benzene rings is 1. The van der Waals surface area contributed by atoms with E-state index < -0.39 is 9.84 Å². The van der Waals surface area contributed by atoms with Crippen molar-refractivity contribution in [2.45, 2.75) is 24.5 Å². The highest BCUT2D eigenvalue weighted by molar-refractivity contribution is 9.11. The molecule has 1 aromatic heterocycles. The molecule has 0 saturated carbocycles. The first-order valence-electron chi connectivity index (χ1n) is 6.64. The van der Waals surface area contributed by atoms with Gasteiger partial charge in [-0.1, -0.05) is 18.2 Å². The molecular weight excluding hydrogens is 386 g/mol. The fraction of sp³-hybridized carbons (Fsp3) is 0.267. The Morgan fingerprint density at radius 3 is 2.36 bits per heavy atom. The fourth-order valence-electron chi connectivity index (χ4n) is 2.01. The number of thiophene rings is 1. The number of sulfone groups is 1. The molecule has 1 N–H and O–H groups in total. The summed E-state index contributed by atoms with van der Waals surface area (Å²) in [6, 6.07) is 8.96. The Morgan fingerprint density at radius 2 is 1.82 bits per heavy atom. The number of hydrogen-bond acceptors (Lipinski definition) is 4. The maximum atomic E-state index is 12.1. The van der Waals surface area contributed by atoms with Crippen molar-refractivity contribution < 1.29 is 13.2 Å². The topological polar surface area (TPSA) is 63.2 Å². The zero-order valence-corrected chi connectivity index (χ0v) is 15.4. The Hall–Kier alpha value is -1.18. The van der Waals surface area contributed by atoms with E-state index in [0.29, 0.717) is 0 Å². The van der Waals surface area contributed by atoms with E-state index in [1.165, 1.54) is 0 Å². The van der Waals surface area contributed by atoms with Crippen LogP contribution < -0.4 is 5.32 Å². The second kappa shape index (κ2) is 6.93. The molecule has 0 saturated heterocycles. The predicted octanol–water partition coefficient (Wildman–Crippen LogP) is 3.93. The van der Waals surface area contributed by atoms with Crippen molar-refractivity contribution in [3.63, 3.8) is 0 Å². The number of rotatable bonds is 5. The van der Waals surface area contributed by atoms with E-state index >= 15 is 0 Å². The van der Waals surface area contributed by atoms with E-state index in [4.69, 9.17) is 0 Å². The van der Waals surface area contributed by atoms with E-state index in [-0.39, 0.29) is 22.3 Å². The average Bonchev–Trinajstić information content (AvgIpc) is 2.88. The quantitative estimate of drug-likeness (QED) is 0.824. The van der Waals surface area contributed by atoms with Crippen LogP contribution in [0.2, 0.25) is 0 Å². The minimum atomic E-state index is -3.42. The number of amides is 1. The Labute approximate surface area is 142 Å². The Balaban J connectivity index is 2.01. The molecule has 0 spiro atoms. The lowest BCUT2D eigenvalue weighted by Crippen LogP contribution is -2.18. The third kappa shape index (κ3) is 4.18. The lowest BCUT2D eigenvalue weighted by Gasteiger charge is -2.11. The molecule has 2 aromatic rings. The Morgan fingerprint density at radius 1 is 1.18 bits per heavy atom. The van der Waals surface area contributed by atoms with Gasteiger partial charge < -0.3 is 5.32 Å². The molecule has 118 valence electrons. The summed E-state index contributed by atoms with van der Waals surface area (Å²) in [5.74, 6) is -0.493. The van der Waals surface area contributed by atoms with Gasteiger partial charge >= 0.3 is 0 Å². The maximum absolute atomic E-state index is 12.1. The van der Waals surface area contributed by atoms with E-state index in [9.17, 15) is 13.2 Å². The van der Waals surface area contributed by atoms with Crippen molar-refractivity contribution in [2.24, 2.45) is 0 Å². The van der Waals surface area contributed by atoms with Gasteiger partial charge in [-0.05, 0) is 53.0 Å². The standard InChI is InChI=1S/C15H16BrNO3S2/c1-10-4-3-5-11(2)15(10)17-13(18)8-9-22(19,20)14-7-6-12(16)21-14/h3-7H,8-9H2,1-2H3,(H,17,18). The fourth-order valence-corrected chi connectivity index (χ4v) is 5.41. The summed E-state index contributed by atoms with van der Waals surface area (Å²) < 4.78 is 25.3. The van der Waals surface area contributed by atoms with Gasteiger partial charge in [0, 0.05) is 12.1 Å². The van der Waals surface area contributed by atoms with Gasteiger partial charge in [0.25, 0.3) is 0 Å². The minimum absolute atomic E-state index is 0.0639. The van der Waals surface area contributed by atoms with Crippen molar-refractivity contribution in [3.05, 3.63) is 45.2 Å². The molecule has 0 aliphatic heterocycles. The number of aryl methyl sites for hydroxylation is 2. The number of anilines is 1. The molecular formula is C15H16BrNO3S2. The molecule has 2 rings (SSSR count). The van der Waals surface area contributed by atoms with Gasteiger partial charge in [-0.15, -0.1) is 11.3 Å². The first-order valence-corrected chi connectivity index (χ1v) is 9.90. The number of carbonyl (C=O) groups is 1. The number of nitrogens with one attached hydrogen (secondary N) is 1. The van der Waals surface area contributed by atoms with Gasteiger partial charge in [-0.3, -0.25) is 4.79 Å². The molecule has 1 heterocycles. The van der Waals surface area contributed by atoms with Crippen LogP contribution in [0.1, 0.15) is 17.5 Å². The van der Waals surface area contributed by atoms with Crippen LogP contribution >= 0.6 is 27.3 Å². The van der Waals surface area contributed by atoms with Crippen molar-refractivity contribution >= 4 is 48.7 Å². The molecule has 7 heteroatoms. The van der Waals surface area contributed by atoms with Crippen LogP contribution in [0.15, 0.2) is 38.3 Å². The zero-order chi connectivity index (χ0) is 16.3. The SMILES string of the molecule is Cc1cccc(C)c1NC(=O)CCS(=O)(=O)c1ccc(Br)s1. The molecule has 0 radical (unpaired) electrons. The van der Waals surface area contributed by atoms with Crippen LogP contribution in [0.3, 0.4) is 0 Å². The molecule has 0 unspecified atom stereocenters. The van der Waals surface area contributed by atoms with E-state index in [2.05, 4.69) is 21.2 Å². The maximum Gasteiger partial charge on any atom is 0.225 e. The van der Waals surface area contributed by atoms with Gasteiger partial charge in [0.2, 0.25) is 5.91 Å². The second-order valence-corrected chi connectivity index (χ2v) is 9.74. The first kappa shape index (κ1) is 17.2. The third-order valence-electron chi connectivity index (χ3n) is 3.20. The molecule has 22 heavy (non-hydrogen) atoms. The van der Waals surface area contributed by atoms with Crippen LogP contribution in [0, 0.1) is 13.8 Å². The number of para-hydroxylation sites is 1. The molecule has 4 nitrogen and oxygen atoms in total. The molecule has 0 aliphatic carbocycles. The highest BCUT2D eigenvalue weighted by Gasteiger charge is 2.19. The predicted molar refractivity (Wildman–Crippen MR) is 93.2 cm³/mol. The smallest absolute Gasteiger partial charge is 0.225 e. The molecule has 1 aromatic carbocycles. The third-order valence-corrected chi connectivity index (χ3v) is 7.12. The summed E-state index contributed by atoms with van der Waals surface area (Å²) in [6.45, 7) is 3.81. The summed E-state index contributed by atoms with van der Waals surface area (Å²) in [7, 11) is -3.42. The van der Waals surface area contributed by atoms with Crippen molar-refractivity contribution in [3.8, 4) is 0 Å². The molecule has 0 fully saturated rings. The van der Waals surface area contributed by atoms with Crippen LogP contribution in [-0.2, 0) is 14.6 Å². The summed E-state index contributed by atoms with van der Waals surface area (Å²) in [6.07, 6.45) is -0.0639. The van der Waals surface area contributed by atoms with Crippen molar-refractivity contribution in [2.75, 3.05) is 11.1 Å². The second-order valence-electron chi connectivity index (χ2n) is 4.94. The van der Waals surface area contributed by atoms with Gasteiger partial charge in [0.1, 0.15) is 4.21 Å². The Bertz CT molecular complexity index is 777. The van der Waals surface area contributed by atoms with E-state index in [1.807, 2.05) is 32.0 Å². The number of hydrogen-bond donors (Lipinski definition) is 1. The van der Waals surface area contributed by atoms with Gasteiger partial charge in [0.15, 0.2) is 9.84 Å². The van der Waals surface area contributed by atoms with Crippen LogP contribution in [-0.4, -0.2) is 20.1 Å². The molecule has 1 amide bonds. The van der Waals surface area contributed by atoms with Crippen LogP contribution in [0.5, 0.6) is 0 Å². The summed E-state index contributed by atoms with van der Waals surface area (Å²) in [4.78, 5) is 12.0.